The van der Waals surface area contributed by atoms with E-state index in [2.05, 4.69) is 20.5 Å². The summed E-state index contributed by atoms with van der Waals surface area (Å²) in [6.07, 6.45) is 1.92. The van der Waals surface area contributed by atoms with Gasteiger partial charge < -0.3 is 15.0 Å². The summed E-state index contributed by atoms with van der Waals surface area (Å²) < 4.78 is 20.3. The summed E-state index contributed by atoms with van der Waals surface area (Å²) in [7, 11) is 1.62. The fourth-order valence-corrected chi connectivity index (χ4v) is 4.52. The molecule has 0 aliphatic rings. The average Bonchev–Trinajstić information content (AvgIpc) is 3.51. The predicted octanol–water partition coefficient (Wildman–Crippen LogP) is 4.97. The summed E-state index contributed by atoms with van der Waals surface area (Å²) in [6, 6.07) is 21.6. The number of rotatable bonds is 8. The lowest BCUT2D eigenvalue weighted by atomic mass is 10.1. The van der Waals surface area contributed by atoms with Crippen LogP contribution in [0, 0.1) is 5.82 Å². The molecule has 0 saturated heterocycles. The number of para-hydroxylation sites is 1. The Bertz CT molecular complexity index is 1460. The minimum absolute atomic E-state index is 0.155. The number of methoxy groups -OCH3 is 1. The van der Waals surface area contributed by atoms with Crippen molar-refractivity contribution in [3.05, 3.63) is 90.4 Å². The van der Waals surface area contributed by atoms with E-state index in [1.165, 1.54) is 23.9 Å². The molecule has 0 fully saturated rings. The Kier molecular flexibility index (Phi) is 6.49. The van der Waals surface area contributed by atoms with Crippen molar-refractivity contribution in [3.63, 3.8) is 0 Å². The van der Waals surface area contributed by atoms with E-state index in [4.69, 9.17) is 4.74 Å². The highest BCUT2D eigenvalue weighted by Crippen LogP contribution is 2.32. The molecule has 1 amide bonds. The fraction of sp³-hybridized carbons (Fsp3) is 0.115. The number of carbonyl (C=O) groups excluding carboxylic acids is 1. The molecule has 0 aliphatic heterocycles. The van der Waals surface area contributed by atoms with Crippen LogP contribution in [-0.2, 0) is 11.3 Å². The lowest BCUT2D eigenvalue weighted by Crippen LogP contribution is -2.24. The fourth-order valence-electron chi connectivity index (χ4n) is 3.74. The number of hydrogen-bond donors (Lipinski definition) is 2. The van der Waals surface area contributed by atoms with E-state index in [1.54, 1.807) is 19.2 Å². The molecule has 3 aromatic carbocycles. The molecule has 9 heteroatoms. The molecule has 5 aromatic rings. The summed E-state index contributed by atoms with van der Waals surface area (Å²) in [5, 5.41) is 13.4. The molecule has 0 atom stereocenters. The number of carbonyl (C=O) groups is 1. The summed E-state index contributed by atoms with van der Waals surface area (Å²) in [5.41, 5.74) is 3.59. The van der Waals surface area contributed by atoms with E-state index in [9.17, 15) is 9.18 Å². The quantitative estimate of drug-likeness (QED) is 0.302. The Balaban J connectivity index is 1.41. The van der Waals surface area contributed by atoms with Crippen molar-refractivity contribution in [2.24, 2.45) is 0 Å². The topological polar surface area (TPSA) is 84.8 Å². The largest absolute Gasteiger partial charge is 0.497 e. The van der Waals surface area contributed by atoms with Crippen LogP contribution in [0.2, 0.25) is 0 Å². The number of fused-ring (bicyclic) bond motifs is 1. The maximum absolute atomic E-state index is 13.1. The van der Waals surface area contributed by atoms with E-state index in [0.29, 0.717) is 17.5 Å². The normalized spacial score (nSPS) is 11.0. The number of H-pyrrole nitrogens is 1. The number of aromatic amines is 1. The zero-order valence-electron chi connectivity index (χ0n) is 18.9. The van der Waals surface area contributed by atoms with Crippen LogP contribution in [0.25, 0.3) is 28.0 Å². The van der Waals surface area contributed by atoms with Gasteiger partial charge in [-0.15, -0.1) is 10.2 Å². The Morgan fingerprint density at radius 3 is 2.60 bits per heavy atom. The molecule has 0 saturated carbocycles. The molecule has 2 N–H and O–H groups in total. The van der Waals surface area contributed by atoms with Gasteiger partial charge in [0.1, 0.15) is 11.6 Å². The second-order valence-corrected chi connectivity index (χ2v) is 8.72. The van der Waals surface area contributed by atoms with E-state index in [0.717, 1.165) is 33.5 Å². The minimum Gasteiger partial charge on any atom is -0.497 e. The van der Waals surface area contributed by atoms with E-state index < -0.39 is 0 Å². The van der Waals surface area contributed by atoms with Crippen molar-refractivity contribution in [1.82, 2.24) is 25.1 Å². The van der Waals surface area contributed by atoms with Crippen LogP contribution in [0.5, 0.6) is 5.75 Å². The van der Waals surface area contributed by atoms with Crippen LogP contribution >= 0.6 is 11.8 Å². The first-order valence-corrected chi connectivity index (χ1v) is 11.9. The second-order valence-electron chi connectivity index (χ2n) is 7.78. The summed E-state index contributed by atoms with van der Waals surface area (Å²) in [5.74, 6) is 1.10. The molecular weight excluding hydrogens is 465 g/mol. The first-order valence-electron chi connectivity index (χ1n) is 10.9. The van der Waals surface area contributed by atoms with Gasteiger partial charge in [-0.1, -0.05) is 42.1 Å². The number of aromatic nitrogens is 4. The molecule has 2 heterocycles. The zero-order valence-corrected chi connectivity index (χ0v) is 19.7. The first kappa shape index (κ1) is 22.7. The summed E-state index contributed by atoms with van der Waals surface area (Å²) in [6.45, 7) is 0.325. The monoisotopic (exact) mass is 487 g/mol. The number of benzene rings is 3. The van der Waals surface area contributed by atoms with Gasteiger partial charge in [-0.05, 0) is 48.0 Å². The van der Waals surface area contributed by atoms with Crippen molar-refractivity contribution in [2.75, 3.05) is 12.9 Å². The molecule has 0 radical (unpaired) electrons. The Morgan fingerprint density at radius 1 is 1.06 bits per heavy atom. The van der Waals surface area contributed by atoms with Crippen molar-refractivity contribution >= 4 is 28.6 Å². The third-order valence-corrected chi connectivity index (χ3v) is 6.46. The van der Waals surface area contributed by atoms with Gasteiger partial charge in [0.15, 0.2) is 11.0 Å². The molecule has 35 heavy (non-hydrogen) atoms. The number of amides is 1. The van der Waals surface area contributed by atoms with Gasteiger partial charge in [-0.2, -0.15) is 0 Å². The Morgan fingerprint density at radius 2 is 1.83 bits per heavy atom. The van der Waals surface area contributed by atoms with Crippen molar-refractivity contribution < 1.29 is 13.9 Å². The highest BCUT2D eigenvalue weighted by Gasteiger charge is 2.20. The molecule has 7 nitrogen and oxygen atoms in total. The Labute approximate surface area is 205 Å². The first-order chi connectivity index (χ1) is 17.1. The SMILES string of the molecule is COc1ccc(-n2c(SCC(=O)NCc3ccc(F)cc3)nnc2-c2c[nH]c3ccccc23)cc1. The van der Waals surface area contributed by atoms with E-state index in [-0.39, 0.29) is 17.5 Å². The van der Waals surface area contributed by atoms with Crippen LogP contribution in [0.4, 0.5) is 4.39 Å². The van der Waals surface area contributed by atoms with E-state index in [1.807, 2.05) is 59.3 Å². The van der Waals surface area contributed by atoms with Crippen LogP contribution in [0.1, 0.15) is 5.56 Å². The summed E-state index contributed by atoms with van der Waals surface area (Å²) in [4.78, 5) is 15.8. The number of halogens is 1. The lowest BCUT2D eigenvalue weighted by Gasteiger charge is -2.11. The molecule has 0 spiro atoms. The van der Waals surface area contributed by atoms with E-state index >= 15 is 0 Å². The van der Waals surface area contributed by atoms with Gasteiger partial charge in [0.05, 0.1) is 12.9 Å². The van der Waals surface area contributed by atoms with Gasteiger partial charge in [-0.25, -0.2) is 4.39 Å². The van der Waals surface area contributed by atoms with Gasteiger partial charge >= 0.3 is 0 Å². The molecule has 5 rings (SSSR count). The van der Waals surface area contributed by atoms with Crippen molar-refractivity contribution in [3.8, 4) is 22.8 Å². The van der Waals surface area contributed by atoms with Crippen molar-refractivity contribution in [1.29, 1.82) is 0 Å². The molecular formula is C26H22FN5O2S. The molecule has 0 bridgehead atoms. The average molecular weight is 488 g/mol. The molecule has 2 aromatic heterocycles. The van der Waals surface area contributed by atoms with Gasteiger partial charge in [-0.3, -0.25) is 9.36 Å². The molecule has 0 unspecified atom stereocenters. The summed E-state index contributed by atoms with van der Waals surface area (Å²) >= 11 is 1.30. The Hall–Kier alpha value is -4.11. The number of thioether (sulfide) groups is 1. The molecule has 176 valence electrons. The highest BCUT2D eigenvalue weighted by molar-refractivity contribution is 7.99. The smallest absolute Gasteiger partial charge is 0.230 e. The van der Waals surface area contributed by atoms with Crippen molar-refractivity contribution in [2.45, 2.75) is 11.7 Å². The maximum Gasteiger partial charge on any atom is 0.230 e. The van der Waals surface area contributed by atoms with Gasteiger partial charge in [0, 0.05) is 34.9 Å². The zero-order chi connectivity index (χ0) is 24.2. The van der Waals surface area contributed by atoms with Crippen LogP contribution in [0.15, 0.2) is 84.1 Å². The second kappa shape index (κ2) is 10.0. The predicted molar refractivity (Wildman–Crippen MR) is 134 cm³/mol. The highest BCUT2D eigenvalue weighted by atomic mass is 32.2. The maximum atomic E-state index is 13.1. The lowest BCUT2D eigenvalue weighted by molar-refractivity contribution is -0.118. The number of hydrogen-bond acceptors (Lipinski definition) is 5. The van der Waals surface area contributed by atoms with Crippen LogP contribution < -0.4 is 10.1 Å². The third-order valence-electron chi connectivity index (χ3n) is 5.53. The number of ether oxygens (including phenoxy) is 1. The van der Waals surface area contributed by atoms with Gasteiger partial charge in [0.2, 0.25) is 5.91 Å². The number of nitrogens with one attached hydrogen (secondary N) is 2. The van der Waals surface area contributed by atoms with Crippen LogP contribution in [0.3, 0.4) is 0 Å². The van der Waals surface area contributed by atoms with Crippen LogP contribution in [-0.4, -0.2) is 38.5 Å². The standard InChI is InChI=1S/C26H22FN5O2S/c1-34-20-12-10-19(11-13-20)32-25(22-15-28-23-5-3-2-4-21(22)23)30-31-26(32)35-16-24(33)29-14-17-6-8-18(27)9-7-17/h2-13,15,28H,14,16H2,1H3,(H,29,33). The third kappa shape index (κ3) is 4.90. The number of nitrogens with zero attached hydrogens (tertiary/aromatic N) is 3. The minimum atomic E-state index is -0.306. The molecule has 0 aliphatic carbocycles. The van der Waals surface area contributed by atoms with Gasteiger partial charge in [0.25, 0.3) is 0 Å².